The van der Waals surface area contributed by atoms with Crippen LogP contribution in [0.4, 0.5) is 0 Å². The Bertz CT molecular complexity index is 780. The number of nitrogens with zero attached hydrogens (tertiary/aromatic N) is 2. The second-order valence-electron chi connectivity index (χ2n) is 6.40. The van der Waals surface area contributed by atoms with Crippen molar-refractivity contribution in [2.75, 3.05) is 19.7 Å². The van der Waals surface area contributed by atoms with Crippen molar-refractivity contribution in [3.05, 3.63) is 51.5 Å². The zero-order valence-corrected chi connectivity index (χ0v) is 20.7. The van der Waals surface area contributed by atoms with Gasteiger partial charge in [0, 0.05) is 13.1 Å². The topological polar surface area (TPSA) is 75.6 Å². The summed E-state index contributed by atoms with van der Waals surface area (Å²) in [5.41, 5.74) is 2.03. The van der Waals surface area contributed by atoms with Crippen molar-refractivity contribution in [2.24, 2.45) is 4.99 Å². The molecule has 2 rings (SSSR count). The van der Waals surface area contributed by atoms with Gasteiger partial charge < -0.3 is 15.4 Å². The van der Waals surface area contributed by atoms with E-state index in [0.717, 1.165) is 36.9 Å². The average molecular weight is 530 g/mol. The zero-order valence-electron chi connectivity index (χ0n) is 17.5. The Labute approximate surface area is 194 Å². The molecule has 0 bridgehead atoms. The number of esters is 1. The van der Waals surface area contributed by atoms with Crippen LogP contribution in [0.15, 0.2) is 35.3 Å². The predicted octanol–water partition coefficient (Wildman–Crippen LogP) is 4.50. The highest BCUT2D eigenvalue weighted by atomic mass is 127. The fourth-order valence-corrected chi connectivity index (χ4v) is 3.66. The third-order valence-corrected chi connectivity index (χ3v) is 5.40. The van der Waals surface area contributed by atoms with Gasteiger partial charge in [-0.15, -0.1) is 35.3 Å². The summed E-state index contributed by atoms with van der Waals surface area (Å²) in [6.07, 6.45) is 1.99. The largest absolute Gasteiger partial charge is 0.462 e. The van der Waals surface area contributed by atoms with Crippen molar-refractivity contribution in [1.29, 1.82) is 0 Å². The molecule has 0 aliphatic rings. The number of rotatable bonds is 9. The minimum absolute atomic E-state index is 0. The van der Waals surface area contributed by atoms with Crippen LogP contribution in [0.2, 0.25) is 0 Å². The molecule has 1 aromatic carbocycles. The summed E-state index contributed by atoms with van der Waals surface area (Å²) in [5.74, 6) is 0.450. The number of aromatic nitrogens is 1. The number of guanidine groups is 1. The third-order valence-electron chi connectivity index (χ3n) is 4.08. The Hall–Kier alpha value is -1.68. The van der Waals surface area contributed by atoms with Gasteiger partial charge in [0.05, 0.1) is 18.3 Å². The summed E-state index contributed by atoms with van der Waals surface area (Å²) in [4.78, 5) is 21.8. The maximum atomic E-state index is 12.0. The molecule has 29 heavy (non-hydrogen) atoms. The molecule has 0 saturated carbocycles. The first kappa shape index (κ1) is 25.4. The molecule has 160 valence electrons. The summed E-state index contributed by atoms with van der Waals surface area (Å²) >= 11 is 1.37. The second-order valence-corrected chi connectivity index (χ2v) is 7.43. The van der Waals surface area contributed by atoms with Crippen LogP contribution in [-0.4, -0.2) is 36.6 Å². The molecule has 0 aliphatic heterocycles. The van der Waals surface area contributed by atoms with Crippen molar-refractivity contribution in [3.63, 3.8) is 0 Å². The highest BCUT2D eigenvalue weighted by Gasteiger charge is 2.20. The highest BCUT2D eigenvalue weighted by molar-refractivity contribution is 14.0. The Morgan fingerprint density at radius 1 is 1.28 bits per heavy atom. The van der Waals surface area contributed by atoms with E-state index < -0.39 is 0 Å². The van der Waals surface area contributed by atoms with E-state index in [1.165, 1.54) is 16.9 Å². The number of halogens is 1. The van der Waals surface area contributed by atoms with Crippen molar-refractivity contribution < 1.29 is 9.53 Å². The van der Waals surface area contributed by atoms with Crippen LogP contribution in [0.5, 0.6) is 0 Å². The molecule has 2 aromatic rings. The molecule has 6 nitrogen and oxygen atoms in total. The van der Waals surface area contributed by atoms with Gasteiger partial charge in [-0.1, -0.05) is 30.3 Å². The number of carbonyl (C=O) groups is 1. The van der Waals surface area contributed by atoms with Crippen molar-refractivity contribution >= 4 is 47.2 Å². The van der Waals surface area contributed by atoms with Gasteiger partial charge in [-0.2, -0.15) is 0 Å². The SMILES string of the molecule is CCNC(=NCCCc1ccccc1)NC(C)c1nc(C)c(C(=O)OCC)s1.I. The number of hydrogen-bond acceptors (Lipinski definition) is 5. The van der Waals surface area contributed by atoms with Crippen LogP contribution in [0.1, 0.15) is 59.2 Å². The molecule has 8 heteroatoms. The minimum Gasteiger partial charge on any atom is -0.462 e. The number of aliphatic imine (C=N–C) groups is 1. The van der Waals surface area contributed by atoms with E-state index in [-0.39, 0.29) is 36.0 Å². The molecule has 1 atom stereocenters. The van der Waals surface area contributed by atoms with Gasteiger partial charge in [-0.05, 0) is 46.1 Å². The fourth-order valence-electron chi connectivity index (χ4n) is 2.69. The monoisotopic (exact) mass is 530 g/mol. The standard InChI is InChI=1S/C21H30N4O2S.HI/c1-5-22-21(23-14-10-13-17-11-8-7-9-12-17)25-16(4)19-24-15(3)18(28-19)20(26)27-6-2;/h7-9,11-12,16H,5-6,10,13-14H2,1-4H3,(H2,22,23,25);1H. The molecule has 0 amide bonds. The van der Waals surface area contributed by atoms with E-state index in [4.69, 9.17) is 4.74 Å². The van der Waals surface area contributed by atoms with E-state index >= 15 is 0 Å². The van der Waals surface area contributed by atoms with Gasteiger partial charge in [0.1, 0.15) is 9.88 Å². The van der Waals surface area contributed by atoms with Crippen LogP contribution < -0.4 is 10.6 Å². The molecule has 0 fully saturated rings. The molecular weight excluding hydrogens is 499 g/mol. The lowest BCUT2D eigenvalue weighted by Crippen LogP contribution is -2.38. The van der Waals surface area contributed by atoms with Crippen LogP contribution >= 0.6 is 35.3 Å². The van der Waals surface area contributed by atoms with E-state index in [9.17, 15) is 4.79 Å². The van der Waals surface area contributed by atoms with E-state index in [1.54, 1.807) is 6.92 Å². The molecule has 1 aromatic heterocycles. The van der Waals surface area contributed by atoms with Gasteiger partial charge in [0.2, 0.25) is 0 Å². The van der Waals surface area contributed by atoms with Crippen LogP contribution in [0, 0.1) is 6.92 Å². The number of carbonyl (C=O) groups excluding carboxylic acids is 1. The molecule has 0 spiro atoms. The summed E-state index contributed by atoms with van der Waals surface area (Å²) in [7, 11) is 0. The maximum Gasteiger partial charge on any atom is 0.350 e. The Kier molecular flexibility index (Phi) is 11.8. The molecule has 1 heterocycles. The summed E-state index contributed by atoms with van der Waals surface area (Å²) in [6, 6.07) is 10.4. The molecular formula is C21H31IN4O2S. The molecule has 0 saturated heterocycles. The van der Waals surface area contributed by atoms with Crippen molar-refractivity contribution in [2.45, 2.75) is 46.6 Å². The Balaban J connectivity index is 0.00000420. The number of benzene rings is 1. The fraction of sp³-hybridized carbons (Fsp3) is 0.476. The van der Waals surface area contributed by atoms with Crippen LogP contribution in [-0.2, 0) is 11.2 Å². The van der Waals surface area contributed by atoms with Gasteiger partial charge in [-0.3, -0.25) is 4.99 Å². The average Bonchev–Trinajstić information content (AvgIpc) is 3.08. The Morgan fingerprint density at radius 3 is 2.66 bits per heavy atom. The summed E-state index contributed by atoms with van der Waals surface area (Å²) in [5, 5.41) is 7.49. The first-order valence-electron chi connectivity index (χ1n) is 9.78. The quantitative estimate of drug-likeness (QED) is 0.164. The summed E-state index contributed by atoms with van der Waals surface area (Å²) in [6.45, 7) is 9.57. The van der Waals surface area contributed by atoms with E-state index in [1.807, 2.05) is 26.8 Å². The second kappa shape index (κ2) is 13.5. The van der Waals surface area contributed by atoms with E-state index in [2.05, 4.69) is 44.9 Å². The first-order valence-corrected chi connectivity index (χ1v) is 10.6. The normalized spacial score (nSPS) is 12.1. The minimum atomic E-state index is -0.308. The highest BCUT2D eigenvalue weighted by Crippen LogP contribution is 2.24. The van der Waals surface area contributed by atoms with E-state index in [0.29, 0.717) is 17.2 Å². The number of thiazole rings is 1. The maximum absolute atomic E-state index is 12.0. The van der Waals surface area contributed by atoms with Gasteiger partial charge in [0.15, 0.2) is 5.96 Å². The molecule has 1 unspecified atom stereocenters. The van der Waals surface area contributed by atoms with Gasteiger partial charge >= 0.3 is 5.97 Å². The van der Waals surface area contributed by atoms with Gasteiger partial charge in [0.25, 0.3) is 0 Å². The molecule has 2 N–H and O–H groups in total. The predicted molar refractivity (Wildman–Crippen MR) is 131 cm³/mol. The van der Waals surface area contributed by atoms with Crippen molar-refractivity contribution in [3.8, 4) is 0 Å². The zero-order chi connectivity index (χ0) is 20.4. The van der Waals surface area contributed by atoms with Crippen LogP contribution in [0.25, 0.3) is 0 Å². The Morgan fingerprint density at radius 2 is 2.00 bits per heavy atom. The summed E-state index contributed by atoms with van der Waals surface area (Å²) < 4.78 is 5.10. The lowest BCUT2D eigenvalue weighted by Gasteiger charge is -2.16. The number of aryl methyl sites for hydroxylation is 2. The van der Waals surface area contributed by atoms with Crippen molar-refractivity contribution in [1.82, 2.24) is 15.6 Å². The first-order chi connectivity index (χ1) is 13.5. The lowest BCUT2D eigenvalue weighted by atomic mass is 10.1. The van der Waals surface area contributed by atoms with Crippen LogP contribution in [0.3, 0.4) is 0 Å². The number of hydrogen-bond donors (Lipinski definition) is 2. The number of nitrogens with one attached hydrogen (secondary N) is 2. The van der Waals surface area contributed by atoms with Gasteiger partial charge in [-0.25, -0.2) is 9.78 Å². The smallest absolute Gasteiger partial charge is 0.350 e. The molecule has 0 aliphatic carbocycles. The third kappa shape index (κ3) is 8.30. The number of ether oxygens (including phenoxy) is 1. The lowest BCUT2D eigenvalue weighted by molar-refractivity contribution is 0.0531. The molecule has 0 radical (unpaired) electrons.